The molecule has 0 aliphatic heterocycles. The van der Waals surface area contributed by atoms with E-state index in [9.17, 15) is 24.0 Å². The average Bonchev–Trinajstić information content (AvgIpc) is 3.61. The second-order valence-corrected chi connectivity index (χ2v) is 12.9. The highest BCUT2D eigenvalue weighted by Crippen LogP contribution is 2.33. The van der Waals surface area contributed by atoms with Crippen molar-refractivity contribution in [1.29, 1.82) is 0 Å². The molecule has 0 spiro atoms. The summed E-state index contributed by atoms with van der Waals surface area (Å²) in [7, 11) is 0. The summed E-state index contributed by atoms with van der Waals surface area (Å²) < 4.78 is 0. The molecule has 47 heavy (non-hydrogen) atoms. The molecule has 1 aliphatic rings. The van der Waals surface area contributed by atoms with E-state index < -0.39 is 17.1 Å². The van der Waals surface area contributed by atoms with Crippen molar-refractivity contribution in [2.45, 2.75) is 17.1 Å². The van der Waals surface area contributed by atoms with E-state index in [1.807, 2.05) is 17.5 Å². The maximum Gasteiger partial charge on any atom is 0.272 e. The van der Waals surface area contributed by atoms with E-state index in [1.54, 1.807) is 110 Å². The van der Waals surface area contributed by atoms with Crippen LogP contribution in [-0.4, -0.2) is 34.5 Å². The maximum absolute atomic E-state index is 13.3. The fourth-order valence-electron chi connectivity index (χ4n) is 5.01. The van der Waals surface area contributed by atoms with Crippen LogP contribution in [0.15, 0.2) is 125 Å². The van der Waals surface area contributed by atoms with Crippen LogP contribution in [0.2, 0.25) is 0 Å². The fourth-order valence-corrected chi connectivity index (χ4v) is 6.54. The quantitative estimate of drug-likeness (QED) is 0.113. The molecule has 0 bridgehead atoms. The van der Waals surface area contributed by atoms with Crippen molar-refractivity contribution in [1.82, 2.24) is 5.32 Å². The van der Waals surface area contributed by atoms with E-state index in [0.717, 1.165) is 9.77 Å². The Hall–Kier alpha value is -5.58. The summed E-state index contributed by atoms with van der Waals surface area (Å²) >= 11 is 2.73. The predicted molar refractivity (Wildman–Crippen MR) is 185 cm³/mol. The number of thiophene rings is 1. The minimum Gasteiger partial charge on any atom is -0.324 e. The van der Waals surface area contributed by atoms with Gasteiger partial charge < -0.3 is 16.0 Å². The molecule has 6 rings (SSSR count). The van der Waals surface area contributed by atoms with Gasteiger partial charge in [-0.05, 0) is 66.9 Å². The highest BCUT2D eigenvalue weighted by Gasteiger charge is 2.32. The molecule has 1 atom stereocenters. The third-order valence-electron chi connectivity index (χ3n) is 7.36. The van der Waals surface area contributed by atoms with Gasteiger partial charge in [-0.1, -0.05) is 60.7 Å². The number of hydrogen-bond acceptors (Lipinski definition) is 7. The van der Waals surface area contributed by atoms with E-state index in [0.29, 0.717) is 22.4 Å². The number of benzene rings is 4. The van der Waals surface area contributed by atoms with Gasteiger partial charge in [0.2, 0.25) is 5.91 Å². The third kappa shape index (κ3) is 6.99. The average molecular weight is 658 g/mol. The van der Waals surface area contributed by atoms with E-state index in [4.69, 9.17) is 0 Å². The predicted octanol–water partition coefficient (Wildman–Crippen LogP) is 7.05. The molecular weight excluding hydrogens is 631 g/mol. The molecule has 3 N–H and O–H groups in total. The highest BCUT2D eigenvalue weighted by molar-refractivity contribution is 8.00. The van der Waals surface area contributed by atoms with E-state index >= 15 is 0 Å². The van der Waals surface area contributed by atoms with Crippen LogP contribution in [0.5, 0.6) is 0 Å². The van der Waals surface area contributed by atoms with Crippen molar-refractivity contribution in [3.8, 4) is 0 Å². The second-order valence-electron chi connectivity index (χ2n) is 10.6. The van der Waals surface area contributed by atoms with Gasteiger partial charge in [0.1, 0.15) is 5.70 Å². The third-order valence-corrected chi connectivity index (χ3v) is 9.29. The summed E-state index contributed by atoms with van der Waals surface area (Å²) in [6, 6.07) is 30.8. The zero-order valence-corrected chi connectivity index (χ0v) is 26.6. The van der Waals surface area contributed by atoms with Crippen LogP contribution >= 0.6 is 23.1 Å². The second kappa shape index (κ2) is 13.8. The van der Waals surface area contributed by atoms with Crippen LogP contribution in [0.25, 0.3) is 6.08 Å². The van der Waals surface area contributed by atoms with Crippen LogP contribution in [0.4, 0.5) is 11.4 Å². The molecule has 0 saturated heterocycles. The molecule has 8 nitrogen and oxygen atoms in total. The molecule has 1 unspecified atom stereocenters. The molecular formula is C37H27N3O5S2. The number of thioether (sulfide) groups is 1. The van der Waals surface area contributed by atoms with E-state index in [1.165, 1.54) is 23.1 Å². The Bertz CT molecular complexity index is 2040. The lowest BCUT2D eigenvalue weighted by Gasteiger charge is -2.21. The molecule has 0 radical (unpaired) electrons. The summed E-state index contributed by atoms with van der Waals surface area (Å²) in [6.45, 7) is 1.74. The summed E-state index contributed by atoms with van der Waals surface area (Å²) in [4.78, 5) is 67.2. The number of carbonyl (C=O) groups is 5. The molecule has 1 heterocycles. The molecule has 0 fully saturated rings. The van der Waals surface area contributed by atoms with Gasteiger partial charge in [-0.25, -0.2) is 0 Å². The molecule has 232 valence electrons. The SMILES string of the molecule is CC(Sc1ccc(NC(=O)/C(=C/c2cccs2)NC(=O)c2ccccc2)cc1)C(=O)Nc1cccc2c1C(=O)c1ccccc1C2=O. The van der Waals surface area contributed by atoms with Crippen LogP contribution in [0.3, 0.4) is 0 Å². The number of nitrogens with one attached hydrogen (secondary N) is 3. The number of carbonyl (C=O) groups excluding carboxylic acids is 5. The van der Waals surface area contributed by atoms with Crippen LogP contribution < -0.4 is 16.0 Å². The van der Waals surface area contributed by atoms with E-state index in [-0.39, 0.29) is 40.0 Å². The van der Waals surface area contributed by atoms with Crippen molar-refractivity contribution < 1.29 is 24.0 Å². The van der Waals surface area contributed by atoms with Gasteiger partial charge >= 0.3 is 0 Å². The number of fused-ring (bicyclic) bond motifs is 2. The monoisotopic (exact) mass is 657 g/mol. The van der Waals surface area contributed by atoms with Gasteiger partial charge in [0.15, 0.2) is 11.6 Å². The number of ketones is 2. The fraction of sp³-hybridized carbons (Fsp3) is 0.0541. The van der Waals surface area contributed by atoms with Gasteiger partial charge in [0.25, 0.3) is 11.8 Å². The van der Waals surface area contributed by atoms with Crippen molar-refractivity contribution >= 4 is 69.8 Å². The van der Waals surface area contributed by atoms with Crippen molar-refractivity contribution in [3.05, 3.63) is 153 Å². The molecule has 3 amide bonds. The Morgan fingerprint density at radius 2 is 1.40 bits per heavy atom. The van der Waals surface area contributed by atoms with Gasteiger partial charge in [-0.15, -0.1) is 23.1 Å². The Balaban J connectivity index is 1.11. The first-order chi connectivity index (χ1) is 22.8. The molecule has 1 aromatic heterocycles. The van der Waals surface area contributed by atoms with Crippen molar-refractivity contribution in [3.63, 3.8) is 0 Å². The number of anilines is 2. The lowest BCUT2D eigenvalue weighted by molar-refractivity contribution is -0.115. The first-order valence-electron chi connectivity index (χ1n) is 14.6. The summed E-state index contributed by atoms with van der Waals surface area (Å²) in [5.74, 6) is -1.79. The Kier molecular flexibility index (Phi) is 9.23. The number of hydrogen-bond donors (Lipinski definition) is 3. The van der Waals surface area contributed by atoms with Crippen molar-refractivity contribution in [2.75, 3.05) is 10.6 Å². The summed E-state index contributed by atoms with van der Waals surface area (Å²) in [6.07, 6.45) is 1.62. The van der Waals surface area contributed by atoms with Crippen LogP contribution in [-0.2, 0) is 9.59 Å². The normalized spacial score (nSPS) is 12.8. The minimum absolute atomic E-state index is 0.0943. The van der Waals surface area contributed by atoms with Gasteiger partial charge in [0.05, 0.1) is 16.5 Å². The lowest BCUT2D eigenvalue weighted by Crippen LogP contribution is -2.30. The molecule has 10 heteroatoms. The Morgan fingerprint density at radius 3 is 2.11 bits per heavy atom. The Labute approximate surface area is 278 Å². The smallest absolute Gasteiger partial charge is 0.272 e. The topological polar surface area (TPSA) is 121 Å². The molecule has 1 aliphatic carbocycles. The summed E-state index contributed by atoms with van der Waals surface area (Å²) in [5.41, 5.74) is 2.43. The molecule has 0 saturated carbocycles. The Morgan fingerprint density at radius 1 is 0.723 bits per heavy atom. The largest absolute Gasteiger partial charge is 0.324 e. The van der Waals surface area contributed by atoms with Gasteiger partial charge in [-0.2, -0.15) is 0 Å². The first-order valence-corrected chi connectivity index (χ1v) is 16.4. The minimum atomic E-state index is -0.554. The zero-order valence-electron chi connectivity index (χ0n) is 25.0. The van der Waals surface area contributed by atoms with Gasteiger partial charge in [-0.3, -0.25) is 24.0 Å². The number of amides is 3. The van der Waals surface area contributed by atoms with Gasteiger partial charge in [0, 0.05) is 37.7 Å². The lowest BCUT2D eigenvalue weighted by atomic mass is 9.83. The molecule has 4 aromatic carbocycles. The summed E-state index contributed by atoms with van der Waals surface area (Å²) in [5, 5.41) is 9.71. The van der Waals surface area contributed by atoms with Crippen LogP contribution in [0.1, 0.15) is 54.0 Å². The maximum atomic E-state index is 13.3. The zero-order chi connectivity index (χ0) is 32.9. The highest BCUT2D eigenvalue weighted by atomic mass is 32.2. The standard InChI is InChI=1S/C37H27N3O5S2/c1-22(35(43)39-30-15-7-14-29-32(30)34(42)28-13-6-5-12-27(28)33(29)41)47-25-18-16-24(17-19-25)38-37(45)31(21-26-11-8-20-46-26)40-36(44)23-9-3-2-4-10-23/h2-22H,1H3,(H,38,45)(H,39,43)(H,40,44)/b31-21-. The molecule has 5 aromatic rings. The van der Waals surface area contributed by atoms with E-state index in [2.05, 4.69) is 16.0 Å². The number of rotatable bonds is 9. The van der Waals surface area contributed by atoms with Crippen LogP contribution in [0, 0.1) is 0 Å². The van der Waals surface area contributed by atoms with Crippen molar-refractivity contribution in [2.24, 2.45) is 0 Å². The first kappa shape index (κ1) is 31.4.